The molecule has 5 heteroatoms. The number of rotatable bonds is 8. The highest BCUT2D eigenvalue weighted by Gasteiger charge is 2.34. The van der Waals surface area contributed by atoms with Crippen molar-refractivity contribution in [3.05, 3.63) is 11.9 Å². The van der Waals surface area contributed by atoms with Crippen molar-refractivity contribution in [1.29, 1.82) is 0 Å². The Balaban J connectivity index is 1.87. The van der Waals surface area contributed by atoms with Crippen LogP contribution in [-0.4, -0.2) is 63.6 Å². The highest BCUT2D eigenvalue weighted by atomic mass is 15.4. The van der Waals surface area contributed by atoms with E-state index in [2.05, 4.69) is 81.7 Å². The fraction of sp³-hybridized carbons (Fsp3) is 0.905. The first kappa shape index (κ1) is 21.4. The van der Waals surface area contributed by atoms with Crippen LogP contribution in [0, 0.1) is 11.3 Å². The van der Waals surface area contributed by atoms with Crippen LogP contribution < -0.4 is 0 Å². The summed E-state index contributed by atoms with van der Waals surface area (Å²) in [6, 6.07) is 0.660. The molecule has 1 aliphatic heterocycles. The van der Waals surface area contributed by atoms with E-state index in [0.29, 0.717) is 17.4 Å². The average Bonchev–Trinajstić information content (AvgIpc) is 3.02. The first-order valence-electron chi connectivity index (χ1n) is 10.4. The van der Waals surface area contributed by atoms with E-state index in [-0.39, 0.29) is 5.41 Å². The molecule has 0 aromatic carbocycles. The van der Waals surface area contributed by atoms with Crippen LogP contribution in [0.25, 0.3) is 0 Å². The summed E-state index contributed by atoms with van der Waals surface area (Å²) in [7, 11) is 0. The molecular weight excluding hydrogens is 322 g/mol. The smallest absolute Gasteiger partial charge is 0.0883 e. The number of hydrogen-bond donors (Lipinski definition) is 0. The fourth-order valence-corrected chi connectivity index (χ4v) is 3.90. The van der Waals surface area contributed by atoms with Crippen LogP contribution in [-0.2, 0) is 12.0 Å². The Morgan fingerprint density at radius 2 is 1.58 bits per heavy atom. The van der Waals surface area contributed by atoms with Crippen molar-refractivity contribution in [1.82, 2.24) is 24.8 Å². The van der Waals surface area contributed by atoms with Gasteiger partial charge in [0.15, 0.2) is 0 Å². The molecule has 1 aliphatic rings. The topological polar surface area (TPSA) is 37.2 Å². The van der Waals surface area contributed by atoms with Crippen LogP contribution in [0.5, 0.6) is 0 Å². The molecule has 5 nitrogen and oxygen atoms in total. The molecule has 2 rings (SSSR count). The molecule has 0 amide bonds. The molecule has 1 aromatic heterocycles. The molecule has 2 heterocycles. The van der Waals surface area contributed by atoms with E-state index in [1.54, 1.807) is 0 Å². The van der Waals surface area contributed by atoms with Gasteiger partial charge in [-0.05, 0) is 31.6 Å². The van der Waals surface area contributed by atoms with E-state index >= 15 is 0 Å². The van der Waals surface area contributed by atoms with E-state index in [9.17, 15) is 0 Å². The molecule has 26 heavy (non-hydrogen) atoms. The van der Waals surface area contributed by atoms with E-state index in [1.165, 1.54) is 13.1 Å². The molecule has 1 aromatic rings. The van der Waals surface area contributed by atoms with Gasteiger partial charge in [-0.15, -0.1) is 5.10 Å². The molecule has 0 saturated carbocycles. The molecule has 0 bridgehead atoms. The Bertz CT molecular complexity index is 551. The summed E-state index contributed by atoms with van der Waals surface area (Å²) in [6.07, 6.45) is 3.29. The molecule has 150 valence electrons. The Labute approximate surface area is 161 Å². The van der Waals surface area contributed by atoms with Crippen LogP contribution in [0.2, 0.25) is 0 Å². The summed E-state index contributed by atoms with van der Waals surface area (Å²) in [5.41, 5.74) is 1.47. The van der Waals surface area contributed by atoms with Crippen LogP contribution in [0.15, 0.2) is 6.20 Å². The van der Waals surface area contributed by atoms with Crippen LogP contribution in [0.1, 0.15) is 67.5 Å². The molecule has 0 N–H and O–H groups in total. The monoisotopic (exact) mass is 363 g/mol. The van der Waals surface area contributed by atoms with Gasteiger partial charge in [0, 0.05) is 50.4 Å². The zero-order valence-electron chi connectivity index (χ0n) is 18.4. The van der Waals surface area contributed by atoms with Crippen molar-refractivity contribution >= 4 is 0 Å². The number of piperazine rings is 1. The zero-order valence-corrected chi connectivity index (χ0v) is 18.4. The largest absolute Gasteiger partial charge is 0.299 e. The first-order chi connectivity index (χ1) is 12.0. The van der Waals surface area contributed by atoms with Gasteiger partial charge in [-0.3, -0.25) is 14.5 Å². The normalized spacial score (nSPS) is 18.2. The minimum absolute atomic E-state index is 0.0505. The summed E-state index contributed by atoms with van der Waals surface area (Å²) >= 11 is 0. The molecule has 0 aliphatic carbocycles. The molecule has 0 unspecified atom stereocenters. The predicted octanol–water partition coefficient (Wildman–Crippen LogP) is 3.65. The SMILES string of the molecule is CC(C)N1CCN(CCn2cc(C(C)(C)CC(C)(C)C(C)C)nn2)CC1. The zero-order chi connectivity index (χ0) is 19.5. The van der Waals surface area contributed by atoms with Gasteiger partial charge in [0.1, 0.15) is 0 Å². The number of nitrogens with zero attached hydrogens (tertiary/aromatic N) is 5. The van der Waals surface area contributed by atoms with Gasteiger partial charge in [0.05, 0.1) is 12.2 Å². The lowest BCUT2D eigenvalue weighted by atomic mass is 9.68. The van der Waals surface area contributed by atoms with Crippen LogP contribution in [0.4, 0.5) is 0 Å². The molecule has 0 spiro atoms. The lowest BCUT2D eigenvalue weighted by Crippen LogP contribution is -2.49. The van der Waals surface area contributed by atoms with Crippen LogP contribution >= 0.6 is 0 Å². The molecule has 0 atom stereocenters. The van der Waals surface area contributed by atoms with Crippen molar-refractivity contribution in [3.63, 3.8) is 0 Å². The average molecular weight is 364 g/mol. The van der Waals surface area contributed by atoms with E-state index < -0.39 is 0 Å². The van der Waals surface area contributed by atoms with Crippen molar-refractivity contribution in [3.8, 4) is 0 Å². The molecule has 1 saturated heterocycles. The third-order valence-electron chi connectivity index (χ3n) is 6.48. The maximum atomic E-state index is 4.52. The molecule has 0 radical (unpaired) electrons. The first-order valence-corrected chi connectivity index (χ1v) is 10.4. The summed E-state index contributed by atoms with van der Waals surface area (Å²) < 4.78 is 2.04. The Morgan fingerprint density at radius 1 is 0.962 bits per heavy atom. The summed E-state index contributed by atoms with van der Waals surface area (Å²) in [6.45, 7) is 25.2. The number of aromatic nitrogens is 3. The van der Waals surface area contributed by atoms with Gasteiger partial charge in [-0.1, -0.05) is 46.8 Å². The Hall–Kier alpha value is -0.940. The van der Waals surface area contributed by atoms with Gasteiger partial charge >= 0.3 is 0 Å². The lowest BCUT2D eigenvalue weighted by molar-refractivity contribution is 0.105. The van der Waals surface area contributed by atoms with Crippen molar-refractivity contribution < 1.29 is 0 Å². The van der Waals surface area contributed by atoms with E-state index in [4.69, 9.17) is 0 Å². The Morgan fingerprint density at radius 3 is 2.12 bits per heavy atom. The summed E-state index contributed by atoms with van der Waals surface area (Å²) in [5.74, 6) is 0.654. The lowest BCUT2D eigenvalue weighted by Gasteiger charge is -2.37. The summed E-state index contributed by atoms with van der Waals surface area (Å²) in [5, 5.41) is 8.93. The minimum Gasteiger partial charge on any atom is -0.299 e. The predicted molar refractivity (Wildman–Crippen MR) is 109 cm³/mol. The highest BCUT2D eigenvalue weighted by molar-refractivity contribution is 5.10. The quantitative estimate of drug-likeness (QED) is 0.706. The van der Waals surface area contributed by atoms with Crippen molar-refractivity contribution in [2.45, 2.75) is 79.8 Å². The third-order valence-corrected chi connectivity index (χ3v) is 6.48. The van der Waals surface area contributed by atoms with Crippen molar-refractivity contribution in [2.75, 3.05) is 32.7 Å². The van der Waals surface area contributed by atoms with Crippen LogP contribution in [0.3, 0.4) is 0 Å². The molecule has 1 fully saturated rings. The van der Waals surface area contributed by atoms with Gasteiger partial charge in [0.2, 0.25) is 0 Å². The van der Waals surface area contributed by atoms with E-state index in [0.717, 1.165) is 38.3 Å². The van der Waals surface area contributed by atoms with Crippen molar-refractivity contribution in [2.24, 2.45) is 11.3 Å². The second kappa shape index (κ2) is 8.39. The third kappa shape index (κ3) is 5.53. The highest BCUT2D eigenvalue weighted by Crippen LogP contribution is 2.40. The van der Waals surface area contributed by atoms with Gasteiger partial charge in [-0.25, -0.2) is 0 Å². The van der Waals surface area contributed by atoms with E-state index in [1.807, 2.05) is 4.68 Å². The standard InChI is InChI=1S/C21H41N5/c1-17(2)20(5,6)16-21(7,8)19-15-26(23-22-19)14-11-24-9-12-25(13-10-24)18(3)4/h15,17-18H,9-14,16H2,1-8H3. The minimum atomic E-state index is 0.0505. The molecular formula is C21H41N5. The maximum Gasteiger partial charge on any atom is 0.0883 e. The second-order valence-corrected chi connectivity index (χ2v) is 10.0. The fourth-order valence-electron chi connectivity index (χ4n) is 3.90. The van der Waals surface area contributed by atoms with Gasteiger partial charge in [-0.2, -0.15) is 0 Å². The maximum absolute atomic E-state index is 4.52. The number of hydrogen-bond acceptors (Lipinski definition) is 4. The summed E-state index contributed by atoms with van der Waals surface area (Å²) in [4.78, 5) is 5.11. The second-order valence-electron chi connectivity index (χ2n) is 10.0. The van der Waals surface area contributed by atoms with Gasteiger partial charge < -0.3 is 0 Å². The van der Waals surface area contributed by atoms with Gasteiger partial charge in [0.25, 0.3) is 0 Å². The Kier molecular flexibility index (Phi) is 6.89.